The van der Waals surface area contributed by atoms with E-state index in [2.05, 4.69) is 22.0 Å². The second kappa shape index (κ2) is 2.87. The van der Waals surface area contributed by atoms with Crippen molar-refractivity contribution in [3.8, 4) is 0 Å². The third kappa shape index (κ3) is 1.11. The zero-order chi connectivity index (χ0) is 8.72. The van der Waals surface area contributed by atoms with Crippen LogP contribution in [0.25, 0.3) is 0 Å². The van der Waals surface area contributed by atoms with Crippen LogP contribution in [0.3, 0.4) is 0 Å². The number of halogens is 1. The first-order valence-corrected chi connectivity index (χ1v) is 5.05. The maximum absolute atomic E-state index is 11.3. The van der Waals surface area contributed by atoms with Gasteiger partial charge in [-0.1, -0.05) is 22.0 Å². The fourth-order valence-corrected chi connectivity index (χ4v) is 2.99. The monoisotopic (exact) mass is 230 g/mol. The molecule has 1 saturated heterocycles. The number of ether oxygens (including phenoxy) is 1. The van der Waals surface area contributed by atoms with Gasteiger partial charge in [0.05, 0.1) is 5.92 Å². The highest BCUT2D eigenvalue weighted by molar-refractivity contribution is 9.11. The molecule has 1 fully saturated rings. The molecule has 0 unspecified atom stereocenters. The summed E-state index contributed by atoms with van der Waals surface area (Å²) in [5.41, 5.74) is 0. The average molecular weight is 231 g/mol. The van der Waals surface area contributed by atoms with Crippen molar-refractivity contribution in [2.75, 3.05) is 0 Å². The summed E-state index contributed by atoms with van der Waals surface area (Å²) in [7, 11) is 0. The van der Waals surface area contributed by atoms with Crippen LogP contribution in [-0.4, -0.2) is 12.1 Å². The molecule has 2 nitrogen and oxygen atoms in total. The van der Waals surface area contributed by atoms with Gasteiger partial charge in [-0.2, -0.15) is 0 Å². The molecule has 0 radical (unpaired) electrons. The van der Waals surface area contributed by atoms with Gasteiger partial charge in [0.1, 0.15) is 6.10 Å². The molecule has 1 heterocycles. The Morgan fingerprint density at radius 3 is 3.08 bits per heavy atom. The van der Waals surface area contributed by atoms with Crippen molar-refractivity contribution in [2.45, 2.75) is 25.9 Å². The lowest BCUT2D eigenvalue weighted by molar-refractivity contribution is -0.143. The molecule has 0 N–H and O–H groups in total. The fourth-order valence-electron chi connectivity index (χ4n) is 2.07. The van der Waals surface area contributed by atoms with Crippen LogP contribution in [0.5, 0.6) is 0 Å². The van der Waals surface area contributed by atoms with E-state index < -0.39 is 0 Å². The van der Waals surface area contributed by atoms with Crippen LogP contribution >= 0.6 is 15.9 Å². The minimum absolute atomic E-state index is 0.0162. The van der Waals surface area contributed by atoms with Crippen LogP contribution in [-0.2, 0) is 9.53 Å². The number of carbonyl (C=O) groups excluding carboxylic acids is 1. The Balaban J connectivity index is 2.29. The Morgan fingerprint density at radius 1 is 1.67 bits per heavy atom. The molecular weight excluding hydrogens is 220 g/mol. The predicted octanol–water partition coefficient (Wildman–Crippen LogP) is 2.24. The topological polar surface area (TPSA) is 26.3 Å². The molecule has 0 spiro atoms. The van der Waals surface area contributed by atoms with Crippen LogP contribution < -0.4 is 0 Å². The SMILES string of the molecule is C[C@@H]1OC(=O)[C@H]2CCC=C(Br)[C@@H]12. The van der Waals surface area contributed by atoms with Crippen molar-refractivity contribution in [2.24, 2.45) is 11.8 Å². The van der Waals surface area contributed by atoms with E-state index in [1.165, 1.54) is 0 Å². The highest BCUT2D eigenvalue weighted by Crippen LogP contribution is 2.42. The minimum Gasteiger partial charge on any atom is -0.462 e. The van der Waals surface area contributed by atoms with Crippen molar-refractivity contribution in [1.29, 1.82) is 0 Å². The molecule has 66 valence electrons. The summed E-state index contributed by atoms with van der Waals surface area (Å²) in [4.78, 5) is 11.3. The van der Waals surface area contributed by atoms with Crippen LogP contribution in [0.15, 0.2) is 10.6 Å². The molecule has 1 aliphatic heterocycles. The van der Waals surface area contributed by atoms with Gasteiger partial charge in [0.2, 0.25) is 0 Å². The van der Waals surface area contributed by atoms with Gasteiger partial charge < -0.3 is 4.74 Å². The highest BCUT2D eigenvalue weighted by atomic mass is 79.9. The van der Waals surface area contributed by atoms with E-state index in [9.17, 15) is 4.79 Å². The van der Waals surface area contributed by atoms with Crippen molar-refractivity contribution in [3.63, 3.8) is 0 Å². The molecule has 1 aliphatic carbocycles. The van der Waals surface area contributed by atoms with Gasteiger partial charge >= 0.3 is 5.97 Å². The normalized spacial score (nSPS) is 40.3. The lowest BCUT2D eigenvalue weighted by atomic mass is 9.83. The van der Waals surface area contributed by atoms with Gasteiger partial charge in [-0.15, -0.1) is 0 Å². The van der Waals surface area contributed by atoms with E-state index in [0.717, 1.165) is 17.3 Å². The van der Waals surface area contributed by atoms with Gasteiger partial charge in [0.25, 0.3) is 0 Å². The fraction of sp³-hybridized carbons (Fsp3) is 0.667. The van der Waals surface area contributed by atoms with Gasteiger partial charge in [-0.05, 0) is 24.2 Å². The Hall–Kier alpha value is -0.310. The summed E-state index contributed by atoms with van der Waals surface area (Å²) in [6.45, 7) is 1.96. The van der Waals surface area contributed by atoms with Gasteiger partial charge in [-0.25, -0.2) is 0 Å². The van der Waals surface area contributed by atoms with Crippen LogP contribution in [0.2, 0.25) is 0 Å². The first kappa shape index (κ1) is 8.30. The van der Waals surface area contributed by atoms with E-state index in [1.807, 2.05) is 6.92 Å². The minimum atomic E-state index is -0.0162. The van der Waals surface area contributed by atoms with Gasteiger partial charge in [-0.3, -0.25) is 4.79 Å². The van der Waals surface area contributed by atoms with Gasteiger partial charge in [0.15, 0.2) is 0 Å². The molecule has 0 aromatic carbocycles. The van der Waals surface area contributed by atoms with Crippen LogP contribution in [0.4, 0.5) is 0 Å². The molecule has 0 amide bonds. The number of hydrogen-bond donors (Lipinski definition) is 0. The van der Waals surface area contributed by atoms with Crippen LogP contribution in [0, 0.1) is 11.8 Å². The second-order valence-electron chi connectivity index (χ2n) is 3.44. The Bertz CT molecular complexity index is 247. The average Bonchev–Trinajstić information content (AvgIpc) is 2.29. The Morgan fingerprint density at radius 2 is 2.42 bits per heavy atom. The summed E-state index contributed by atoms with van der Waals surface area (Å²) in [5.74, 6) is 0.378. The molecule has 3 atom stereocenters. The summed E-state index contributed by atoms with van der Waals surface area (Å²) >= 11 is 3.49. The number of rotatable bonds is 0. The smallest absolute Gasteiger partial charge is 0.310 e. The summed E-state index contributed by atoms with van der Waals surface area (Å²) in [5, 5.41) is 0. The van der Waals surface area contributed by atoms with Crippen LogP contribution in [0.1, 0.15) is 19.8 Å². The van der Waals surface area contributed by atoms with Crippen molar-refractivity contribution >= 4 is 21.9 Å². The molecule has 0 bridgehead atoms. The Kier molecular flexibility index (Phi) is 1.99. The van der Waals surface area contributed by atoms with Crippen molar-refractivity contribution in [3.05, 3.63) is 10.6 Å². The van der Waals surface area contributed by atoms with E-state index in [0.29, 0.717) is 0 Å². The van der Waals surface area contributed by atoms with Gasteiger partial charge in [0, 0.05) is 5.92 Å². The molecule has 2 rings (SSSR count). The first-order chi connectivity index (χ1) is 5.70. The van der Waals surface area contributed by atoms with E-state index >= 15 is 0 Å². The first-order valence-electron chi connectivity index (χ1n) is 4.26. The van der Waals surface area contributed by atoms with E-state index in [-0.39, 0.29) is 23.9 Å². The third-order valence-electron chi connectivity index (χ3n) is 2.68. The second-order valence-corrected chi connectivity index (χ2v) is 4.36. The lowest BCUT2D eigenvalue weighted by Crippen LogP contribution is -2.21. The standard InChI is InChI=1S/C9H11BrO2/c1-5-8-6(9(11)12-5)3-2-4-7(8)10/h4-6,8H,2-3H2,1H3/t5-,6-,8-/m0/s1. The van der Waals surface area contributed by atoms with Crippen molar-refractivity contribution < 1.29 is 9.53 Å². The zero-order valence-corrected chi connectivity index (χ0v) is 8.50. The number of allylic oxidation sites excluding steroid dienone is 1. The molecule has 0 saturated carbocycles. The maximum atomic E-state index is 11.3. The highest BCUT2D eigenvalue weighted by Gasteiger charge is 2.44. The molecular formula is C9H11BrO2. The lowest BCUT2D eigenvalue weighted by Gasteiger charge is -2.21. The van der Waals surface area contributed by atoms with Crippen molar-refractivity contribution in [1.82, 2.24) is 0 Å². The molecule has 12 heavy (non-hydrogen) atoms. The number of esters is 1. The molecule has 0 aromatic heterocycles. The number of fused-ring (bicyclic) bond motifs is 1. The Labute approximate surface area is 80.1 Å². The molecule has 3 heteroatoms. The molecule has 2 aliphatic rings. The zero-order valence-electron chi connectivity index (χ0n) is 6.92. The largest absolute Gasteiger partial charge is 0.462 e. The summed E-state index contributed by atoms with van der Waals surface area (Å²) in [6, 6.07) is 0. The van der Waals surface area contributed by atoms with E-state index in [4.69, 9.17) is 4.74 Å². The predicted molar refractivity (Wildman–Crippen MR) is 48.8 cm³/mol. The summed E-state index contributed by atoms with van der Waals surface area (Å²) in [6.07, 6.45) is 4.14. The number of cyclic esters (lactones) is 1. The quantitative estimate of drug-likeness (QED) is 0.597. The number of hydrogen-bond acceptors (Lipinski definition) is 2. The maximum Gasteiger partial charge on any atom is 0.310 e. The molecule has 0 aromatic rings. The van der Waals surface area contributed by atoms with E-state index in [1.54, 1.807) is 0 Å². The number of carbonyl (C=O) groups is 1. The summed E-state index contributed by atoms with van der Waals surface area (Å²) < 4.78 is 6.32. The third-order valence-corrected chi connectivity index (χ3v) is 3.53.